The van der Waals surface area contributed by atoms with Crippen molar-refractivity contribution in [3.63, 3.8) is 0 Å². The number of carbonyl (C=O) groups is 1. The molecule has 2 rings (SSSR count). The van der Waals surface area contributed by atoms with Crippen LogP contribution in [0.25, 0.3) is 5.69 Å². The molecule has 1 aromatic heterocycles. The average molecular weight is 264 g/mol. The number of rotatable bonds is 3. The van der Waals surface area contributed by atoms with Crippen LogP contribution in [0.4, 0.5) is 0 Å². The molecule has 0 spiro atoms. The van der Waals surface area contributed by atoms with E-state index < -0.39 is 0 Å². The van der Waals surface area contributed by atoms with Gasteiger partial charge in [-0.25, -0.2) is 4.68 Å². The number of halogens is 1. The number of aromatic nitrogens is 3. The van der Waals surface area contributed by atoms with Crippen molar-refractivity contribution >= 4 is 17.9 Å². The van der Waals surface area contributed by atoms with Crippen LogP contribution in [0.15, 0.2) is 18.2 Å². The first-order valence-corrected chi connectivity index (χ1v) is 6.09. The van der Waals surface area contributed by atoms with Gasteiger partial charge in [0.25, 0.3) is 0 Å². The summed E-state index contributed by atoms with van der Waals surface area (Å²) in [5, 5.41) is 8.59. The Morgan fingerprint density at radius 1 is 1.39 bits per heavy atom. The van der Waals surface area contributed by atoms with E-state index in [1.807, 2.05) is 39.0 Å². The van der Waals surface area contributed by atoms with Crippen LogP contribution in [0.2, 0.25) is 5.02 Å². The van der Waals surface area contributed by atoms with E-state index in [1.54, 1.807) is 4.68 Å². The molecule has 18 heavy (non-hydrogen) atoms. The van der Waals surface area contributed by atoms with Gasteiger partial charge in [0.1, 0.15) is 5.69 Å². The third-order valence-electron chi connectivity index (χ3n) is 2.79. The second kappa shape index (κ2) is 4.90. The Bertz CT molecular complexity index is 590. The molecule has 0 amide bonds. The summed E-state index contributed by atoms with van der Waals surface area (Å²) in [5.74, 6) is 0.151. The number of carbonyl (C=O) groups excluding carboxylic acids is 1. The molecule has 0 atom stereocenters. The van der Waals surface area contributed by atoms with E-state index in [0.717, 1.165) is 23.2 Å². The molecule has 1 aromatic carbocycles. The quantitative estimate of drug-likeness (QED) is 0.799. The monoisotopic (exact) mass is 263 g/mol. The van der Waals surface area contributed by atoms with Gasteiger partial charge < -0.3 is 0 Å². The average Bonchev–Trinajstić information content (AvgIpc) is 2.75. The lowest BCUT2D eigenvalue weighted by molar-refractivity contribution is 0.111. The molecule has 4 nitrogen and oxygen atoms in total. The van der Waals surface area contributed by atoms with Crippen LogP contribution >= 0.6 is 11.6 Å². The third kappa shape index (κ3) is 2.16. The molecule has 0 fully saturated rings. The smallest absolute Gasteiger partial charge is 0.172 e. The fraction of sp³-hybridized carbons (Fsp3) is 0.308. The molecule has 1 heterocycles. The number of aryl methyl sites for hydroxylation is 1. The summed E-state index contributed by atoms with van der Waals surface area (Å²) in [4.78, 5) is 11.0. The number of nitrogens with zero attached hydrogens (tertiary/aromatic N) is 3. The first-order valence-electron chi connectivity index (χ1n) is 5.72. The summed E-state index contributed by atoms with van der Waals surface area (Å²) in [6, 6.07) is 5.57. The molecule has 94 valence electrons. The standard InChI is InChI=1S/C13H14ClN3O/c1-8(2)13-11(7-18)15-16-17(13)12-6-10(14)5-4-9(12)3/h4-8H,1-3H3. The van der Waals surface area contributed by atoms with Gasteiger partial charge in [0.15, 0.2) is 6.29 Å². The van der Waals surface area contributed by atoms with Gasteiger partial charge in [-0.05, 0) is 30.5 Å². The minimum absolute atomic E-state index is 0.151. The molecule has 0 aliphatic rings. The summed E-state index contributed by atoms with van der Waals surface area (Å²) < 4.78 is 1.69. The van der Waals surface area contributed by atoms with Gasteiger partial charge in [0.2, 0.25) is 0 Å². The number of hydrogen-bond donors (Lipinski definition) is 0. The zero-order valence-corrected chi connectivity index (χ0v) is 11.3. The normalized spacial score (nSPS) is 10.9. The first-order chi connectivity index (χ1) is 8.54. The van der Waals surface area contributed by atoms with Crippen molar-refractivity contribution in [2.45, 2.75) is 26.7 Å². The van der Waals surface area contributed by atoms with Gasteiger partial charge >= 0.3 is 0 Å². The van der Waals surface area contributed by atoms with E-state index in [4.69, 9.17) is 11.6 Å². The summed E-state index contributed by atoms with van der Waals surface area (Å²) in [6.07, 6.45) is 0.735. The third-order valence-corrected chi connectivity index (χ3v) is 3.03. The Balaban J connectivity index is 2.67. The fourth-order valence-electron chi connectivity index (χ4n) is 1.91. The topological polar surface area (TPSA) is 47.8 Å². The minimum atomic E-state index is 0.151. The molecule has 0 unspecified atom stereocenters. The lowest BCUT2D eigenvalue weighted by Crippen LogP contribution is -2.07. The Morgan fingerprint density at radius 2 is 2.11 bits per heavy atom. The van der Waals surface area contributed by atoms with Gasteiger partial charge in [-0.1, -0.05) is 36.7 Å². The molecule has 0 radical (unpaired) electrons. The highest BCUT2D eigenvalue weighted by molar-refractivity contribution is 6.30. The first kappa shape index (κ1) is 12.8. The van der Waals surface area contributed by atoms with Gasteiger partial charge in [-0.15, -0.1) is 5.10 Å². The maximum absolute atomic E-state index is 11.0. The molecule has 5 heteroatoms. The van der Waals surface area contributed by atoms with Crippen molar-refractivity contribution in [2.75, 3.05) is 0 Å². The zero-order valence-electron chi connectivity index (χ0n) is 10.5. The molecule has 0 bridgehead atoms. The Labute approximate surface area is 111 Å². The summed E-state index contributed by atoms with van der Waals surface area (Å²) in [5.41, 5.74) is 3.06. The maximum atomic E-state index is 11.0. The molecule has 0 aliphatic carbocycles. The van der Waals surface area contributed by atoms with Gasteiger partial charge in [-0.3, -0.25) is 4.79 Å². The second-order valence-corrected chi connectivity index (χ2v) is 4.91. The molecule has 0 aliphatic heterocycles. The predicted molar refractivity (Wildman–Crippen MR) is 70.6 cm³/mol. The molecule has 0 saturated heterocycles. The summed E-state index contributed by atoms with van der Waals surface area (Å²) in [6.45, 7) is 5.97. The van der Waals surface area contributed by atoms with Crippen molar-refractivity contribution in [1.29, 1.82) is 0 Å². The summed E-state index contributed by atoms with van der Waals surface area (Å²) >= 11 is 6.01. The van der Waals surface area contributed by atoms with Crippen LogP contribution in [0.1, 0.15) is 41.5 Å². The summed E-state index contributed by atoms with van der Waals surface area (Å²) in [7, 11) is 0. The van der Waals surface area contributed by atoms with Gasteiger partial charge in [-0.2, -0.15) is 0 Å². The Kier molecular flexibility index (Phi) is 3.48. The van der Waals surface area contributed by atoms with Crippen LogP contribution in [0.5, 0.6) is 0 Å². The molecular weight excluding hydrogens is 250 g/mol. The molecule has 0 saturated carbocycles. The van der Waals surface area contributed by atoms with Crippen molar-refractivity contribution in [2.24, 2.45) is 0 Å². The maximum Gasteiger partial charge on any atom is 0.172 e. The van der Waals surface area contributed by atoms with Crippen LogP contribution in [-0.4, -0.2) is 21.3 Å². The van der Waals surface area contributed by atoms with E-state index in [-0.39, 0.29) is 5.92 Å². The van der Waals surface area contributed by atoms with E-state index >= 15 is 0 Å². The van der Waals surface area contributed by atoms with Crippen molar-refractivity contribution in [1.82, 2.24) is 15.0 Å². The number of aldehydes is 1. The fourth-order valence-corrected chi connectivity index (χ4v) is 2.08. The Hall–Kier alpha value is -1.68. The van der Waals surface area contributed by atoms with E-state index in [1.165, 1.54) is 0 Å². The van der Waals surface area contributed by atoms with Crippen molar-refractivity contribution < 1.29 is 4.79 Å². The van der Waals surface area contributed by atoms with E-state index in [2.05, 4.69) is 10.3 Å². The lowest BCUT2D eigenvalue weighted by Gasteiger charge is -2.12. The number of benzene rings is 1. The van der Waals surface area contributed by atoms with Crippen molar-refractivity contribution in [3.05, 3.63) is 40.2 Å². The van der Waals surface area contributed by atoms with Crippen LogP contribution < -0.4 is 0 Å². The lowest BCUT2D eigenvalue weighted by atomic mass is 10.1. The van der Waals surface area contributed by atoms with Crippen molar-refractivity contribution in [3.8, 4) is 5.69 Å². The highest BCUT2D eigenvalue weighted by atomic mass is 35.5. The minimum Gasteiger partial charge on any atom is -0.296 e. The van der Waals surface area contributed by atoms with E-state index in [0.29, 0.717) is 10.7 Å². The number of hydrogen-bond acceptors (Lipinski definition) is 3. The largest absolute Gasteiger partial charge is 0.296 e. The Morgan fingerprint density at radius 3 is 2.72 bits per heavy atom. The highest BCUT2D eigenvalue weighted by Gasteiger charge is 2.18. The zero-order chi connectivity index (χ0) is 13.3. The van der Waals surface area contributed by atoms with Crippen LogP contribution in [-0.2, 0) is 0 Å². The highest BCUT2D eigenvalue weighted by Crippen LogP contribution is 2.24. The SMILES string of the molecule is Cc1ccc(Cl)cc1-n1nnc(C=O)c1C(C)C. The van der Waals surface area contributed by atoms with Gasteiger partial charge in [0.05, 0.1) is 11.4 Å². The van der Waals surface area contributed by atoms with Crippen LogP contribution in [0, 0.1) is 6.92 Å². The van der Waals surface area contributed by atoms with E-state index in [9.17, 15) is 4.79 Å². The molecular formula is C13H14ClN3O. The molecule has 2 aromatic rings. The predicted octanol–water partition coefficient (Wildman–Crippen LogP) is 3.17. The van der Waals surface area contributed by atoms with Crippen LogP contribution in [0.3, 0.4) is 0 Å². The molecule has 0 N–H and O–H groups in total. The second-order valence-electron chi connectivity index (χ2n) is 4.48. The van der Waals surface area contributed by atoms with Gasteiger partial charge in [0, 0.05) is 5.02 Å².